The molecule has 3 heterocycles. The Balaban J connectivity index is 1.53. The highest BCUT2D eigenvalue weighted by Gasteiger charge is 2.29. The quantitative estimate of drug-likeness (QED) is 0.795. The second kappa shape index (κ2) is 6.13. The van der Waals surface area contributed by atoms with Crippen molar-refractivity contribution < 1.29 is 4.79 Å². The van der Waals surface area contributed by atoms with E-state index in [0.29, 0.717) is 6.54 Å². The number of hydrazine groups is 1. The van der Waals surface area contributed by atoms with Gasteiger partial charge in [-0.2, -0.15) is 0 Å². The molecular weight excluding hydrogens is 272 g/mol. The maximum atomic E-state index is 12.1. The number of aromatic nitrogens is 1. The zero-order chi connectivity index (χ0) is 13.8. The van der Waals surface area contributed by atoms with Crippen molar-refractivity contribution >= 4 is 17.2 Å². The number of nitrogens with zero attached hydrogens (tertiary/aromatic N) is 1. The number of amides is 1. The molecule has 5 nitrogen and oxygen atoms in total. The van der Waals surface area contributed by atoms with Gasteiger partial charge in [0.05, 0.1) is 6.54 Å². The van der Waals surface area contributed by atoms with Gasteiger partial charge in [-0.3, -0.25) is 9.78 Å². The van der Waals surface area contributed by atoms with Crippen molar-refractivity contribution in [2.24, 2.45) is 0 Å². The number of rotatable bonds is 4. The maximum Gasteiger partial charge on any atom is 0.238 e. The first-order chi connectivity index (χ1) is 9.83. The standard InChI is InChI=1S/C14H16N4OS/c19-14(16-9-11-4-2-6-20-11)13-7-12(17-18-13)10-3-1-5-15-8-10/h1-6,8,12-13,17-18H,7,9H2,(H,16,19). The number of carbonyl (C=O) groups excluding carboxylic acids is 1. The summed E-state index contributed by atoms with van der Waals surface area (Å²) in [6.07, 6.45) is 4.30. The van der Waals surface area contributed by atoms with Crippen LogP contribution in [0.15, 0.2) is 42.0 Å². The van der Waals surface area contributed by atoms with E-state index in [0.717, 1.165) is 16.9 Å². The summed E-state index contributed by atoms with van der Waals surface area (Å²) in [4.78, 5) is 17.4. The Bertz CT molecular complexity index is 558. The lowest BCUT2D eigenvalue weighted by molar-refractivity contribution is -0.123. The van der Waals surface area contributed by atoms with Crippen LogP contribution in [0.3, 0.4) is 0 Å². The summed E-state index contributed by atoms with van der Waals surface area (Å²) in [5.41, 5.74) is 7.29. The molecule has 104 valence electrons. The molecule has 1 amide bonds. The molecule has 3 N–H and O–H groups in total. The van der Waals surface area contributed by atoms with E-state index in [-0.39, 0.29) is 18.0 Å². The van der Waals surface area contributed by atoms with Crippen molar-refractivity contribution in [2.45, 2.75) is 25.0 Å². The van der Waals surface area contributed by atoms with Crippen LogP contribution in [0, 0.1) is 0 Å². The van der Waals surface area contributed by atoms with Gasteiger partial charge < -0.3 is 5.32 Å². The van der Waals surface area contributed by atoms with Crippen molar-refractivity contribution in [1.29, 1.82) is 0 Å². The summed E-state index contributed by atoms with van der Waals surface area (Å²) in [7, 11) is 0. The fourth-order valence-corrected chi connectivity index (χ4v) is 2.88. The SMILES string of the molecule is O=C(NCc1cccs1)C1CC(c2cccnc2)NN1. The molecule has 0 saturated carbocycles. The number of hydrogen-bond acceptors (Lipinski definition) is 5. The molecule has 0 aromatic carbocycles. The van der Waals surface area contributed by atoms with Gasteiger partial charge >= 0.3 is 0 Å². The van der Waals surface area contributed by atoms with E-state index >= 15 is 0 Å². The van der Waals surface area contributed by atoms with E-state index in [1.54, 1.807) is 17.5 Å². The molecule has 20 heavy (non-hydrogen) atoms. The van der Waals surface area contributed by atoms with Crippen molar-refractivity contribution in [3.05, 3.63) is 52.5 Å². The Hall–Kier alpha value is -1.76. The van der Waals surface area contributed by atoms with Gasteiger partial charge in [0.25, 0.3) is 0 Å². The van der Waals surface area contributed by atoms with Gasteiger partial charge in [-0.05, 0) is 29.5 Å². The Labute approximate surface area is 121 Å². The van der Waals surface area contributed by atoms with Gasteiger partial charge in [0, 0.05) is 23.3 Å². The number of thiophene rings is 1. The van der Waals surface area contributed by atoms with Crippen molar-refractivity contribution in [1.82, 2.24) is 21.2 Å². The van der Waals surface area contributed by atoms with Gasteiger partial charge in [-0.15, -0.1) is 11.3 Å². The number of pyridine rings is 1. The molecule has 2 atom stereocenters. The molecule has 2 aromatic rings. The molecule has 1 saturated heterocycles. The minimum atomic E-state index is -0.208. The molecule has 1 aliphatic rings. The largest absolute Gasteiger partial charge is 0.350 e. The van der Waals surface area contributed by atoms with E-state index in [1.165, 1.54) is 0 Å². The maximum absolute atomic E-state index is 12.1. The minimum absolute atomic E-state index is 0.0253. The molecule has 0 aliphatic carbocycles. The molecular formula is C14H16N4OS. The summed E-state index contributed by atoms with van der Waals surface area (Å²) in [6.45, 7) is 0.590. The molecule has 1 aliphatic heterocycles. The third-order valence-corrected chi connectivity index (χ3v) is 4.20. The summed E-state index contributed by atoms with van der Waals surface area (Å²) in [6, 6.07) is 7.84. The van der Waals surface area contributed by atoms with Crippen LogP contribution in [0.1, 0.15) is 22.9 Å². The van der Waals surface area contributed by atoms with E-state index in [2.05, 4.69) is 21.2 Å². The molecule has 0 spiro atoms. The third-order valence-electron chi connectivity index (χ3n) is 3.32. The Morgan fingerprint density at radius 3 is 3.10 bits per heavy atom. The van der Waals surface area contributed by atoms with E-state index in [4.69, 9.17) is 0 Å². The summed E-state index contributed by atoms with van der Waals surface area (Å²) in [5.74, 6) is 0.0253. The molecule has 6 heteroatoms. The monoisotopic (exact) mass is 288 g/mol. The second-order valence-corrected chi connectivity index (χ2v) is 5.75. The lowest BCUT2D eigenvalue weighted by atomic mass is 10.0. The predicted molar refractivity (Wildman–Crippen MR) is 77.8 cm³/mol. The van der Waals surface area contributed by atoms with Crippen molar-refractivity contribution in [2.75, 3.05) is 0 Å². The zero-order valence-electron chi connectivity index (χ0n) is 10.9. The summed E-state index contributed by atoms with van der Waals surface area (Å²) < 4.78 is 0. The van der Waals surface area contributed by atoms with E-state index in [9.17, 15) is 4.79 Å². The lowest BCUT2D eigenvalue weighted by Crippen LogP contribution is -2.42. The highest BCUT2D eigenvalue weighted by Crippen LogP contribution is 2.21. The molecule has 1 fully saturated rings. The minimum Gasteiger partial charge on any atom is -0.350 e. The summed E-state index contributed by atoms with van der Waals surface area (Å²) in [5, 5.41) is 4.96. The molecule has 0 radical (unpaired) electrons. The first-order valence-electron chi connectivity index (χ1n) is 6.54. The normalized spacial score (nSPS) is 21.8. The van der Waals surface area contributed by atoms with Crippen LogP contribution in [-0.2, 0) is 11.3 Å². The molecule has 2 aromatic heterocycles. The summed E-state index contributed by atoms with van der Waals surface area (Å²) >= 11 is 1.65. The smallest absolute Gasteiger partial charge is 0.238 e. The Kier molecular flexibility index (Phi) is 4.05. The van der Waals surface area contributed by atoms with E-state index < -0.39 is 0 Å². The van der Waals surface area contributed by atoms with Crippen LogP contribution < -0.4 is 16.2 Å². The van der Waals surface area contributed by atoms with Gasteiger partial charge in [-0.1, -0.05) is 12.1 Å². The van der Waals surface area contributed by atoms with Crippen LogP contribution in [0.25, 0.3) is 0 Å². The highest BCUT2D eigenvalue weighted by molar-refractivity contribution is 7.09. The predicted octanol–water partition coefficient (Wildman–Crippen LogP) is 1.37. The van der Waals surface area contributed by atoms with Crippen LogP contribution in [-0.4, -0.2) is 16.9 Å². The average Bonchev–Trinajstić information content (AvgIpc) is 3.17. The number of hydrogen-bond donors (Lipinski definition) is 3. The van der Waals surface area contributed by atoms with Gasteiger partial charge in [-0.25, -0.2) is 10.9 Å². The zero-order valence-corrected chi connectivity index (χ0v) is 11.7. The van der Waals surface area contributed by atoms with Crippen LogP contribution >= 0.6 is 11.3 Å². The third kappa shape index (κ3) is 3.04. The second-order valence-electron chi connectivity index (χ2n) is 4.71. The molecule has 0 bridgehead atoms. The fourth-order valence-electron chi connectivity index (χ4n) is 2.24. The van der Waals surface area contributed by atoms with Gasteiger partial charge in [0.15, 0.2) is 0 Å². The van der Waals surface area contributed by atoms with Crippen molar-refractivity contribution in [3.63, 3.8) is 0 Å². The molecule has 3 rings (SSSR count). The van der Waals surface area contributed by atoms with Crippen LogP contribution in [0.4, 0.5) is 0 Å². The average molecular weight is 288 g/mol. The van der Waals surface area contributed by atoms with Crippen LogP contribution in [0.5, 0.6) is 0 Å². The Morgan fingerprint density at radius 2 is 2.35 bits per heavy atom. The molecule has 2 unspecified atom stereocenters. The topological polar surface area (TPSA) is 66.0 Å². The first-order valence-corrected chi connectivity index (χ1v) is 7.42. The lowest BCUT2D eigenvalue weighted by Gasteiger charge is -2.09. The highest BCUT2D eigenvalue weighted by atomic mass is 32.1. The Morgan fingerprint density at radius 1 is 1.40 bits per heavy atom. The van der Waals surface area contributed by atoms with E-state index in [1.807, 2.05) is 35.8 Å². The fraction of sp³-hybridized carbons (Fsp3) is 0.286. The first kappa shape index (κ1) is 13.2. The van der Waals surface area contributed by atoms with Crippen molar-refractivity contribution in [3.8, 4) is 0 Å². The van der Waals surface area contributed by atoms with Crippen LogP contribution in [0.2, 0.25) is 0 Å². The number of carbonyl (C=O) groups is 1. The van der Waals surface area contributed by atoms with Gasteiger partial charge in [0.2, 0.25) is 5.91 Å². The van der Waals surface area contributed by atoms with Gasteiger partial charge in [0.1, 0.15) is 6.04 Å². The number of nitrogens with one attached hydrogen (secondary N) is 3.